The van der Waals surface area contributed by atoms with Crippen LogP contribution in [0.25, 0.3) is 11.4 Å². The number of hydrogen-bond donors (Lipinski definition) is 0. The average Bonchev–Trinajstić information content (AvgIpc) is 2.51. The van der Waals surface area contributed by atoms with Gasteiger partial charge in [-0.25, -0.2) is 15.0 Å². The molecule has 3 heteroatoms. The summed E-state index contributed by atoms with van der Waals surface area (Å²) in [6.07, 6.45) is 3.98. The molecule has 0 unspecified atom stereocenters. The summed E-state index contributed by atoms with van der Waals surface area (Å²) in [6, 6.07) is 16.8. The lowest BCUT2D eigenvalue weighted by atomic mass is 9.98. The largest absolute Gasteiger partial charge is 0.225 e. The van der Waals surface area contributed by atoms with Gasteiger partial charge in [-0.2, -0.15) is 0 Å². The SMILES string of the molecule is Cc1ccc(-c2ncncn2)cc1Cc1ccccc1. The second kappa shape index (κ2) is 5.61. The van der Waals surface area contributed by atoms with Crippen LogP contribution >= 0.6 is 0 Å². The maximum absolute atomic E-state index is 4.20. The molecule has 2 aromatic carbocycles. The highest BCUT2D eigenvalue weighted by atomic mass is 15.0. The Labute approximate surface area is 118 Å². The molecule has 0 atom stereocenters. The molecule has 0 radical (unpaired) electrons. The Morgan fingerprint density at radius 3 is 2.40 bits per heavy atom. The molecular weight excluding hydrogens is 246 g/mol. The number of aryl methyl sites for hydroxylation is 1. The lowest BCUT2D eigenvalue weighted by molar-refractivity contribution is 1.05. The predicted molar refractivity (Wildman–Crippen MR) is 79.2 cm³/mol. The molecule has 3 rings (SSSR count). The van der Waals surface area contributed by atoms with Crippen molar-refractivity contribution >= 4 is 0 Å². The van der Waals surface area contributed by atoms with Crippen molar-refractivity contribution in [2.24, 2.45) is 0 Å². The highest BCUT2D eigenvalue weighted by Crippen LogP contribution is 2.21. The van der Waals surface area contributed by atoms with Gasteiger partial charge in [0.25, 0.3) is 0 Å². The second-order valence-electron chi connectivity index (χ2n) is 4.77. The molecule has 0 aliphatic heterocycles. The van der Waals surface area contributed by atoms with Crippen LogP contribution in [0.5, 0.6) is 0 Å². The molecule has 1 aromatic heterocycles. The first-order valence-electron chi connectivity index (χ1n) is 6.59. The Morgan fingerprint density at radius 2 is 1.65 bits per heavy atom. The number of aromatic nitrogens is 3. The second-order valence-corrected chi connectivity index (χ2v) is 4.77. The summed E-state index contributed by atoms with van der Waals surface area (Å²) >= 11 is 0. The van der Waals surface area contributed by atoms with Gasteiger partial charge in [0.05, 0.1) is 0 Å². The van der Waals surface area contributed by atoms with Crippen molar-refractivity contribution in [1.29, 1.82) is 0 Å². The summed E-state index contributed by atoms with van der Waals surface area (Å²) in [5, 5.41) is 0. The highest BCUT2D eigenvalue weighted by Gasteiger charge is 2.05. The van der Waals surface area contributed by atoms with Gasteiger partial charge in [0, 0.05) is 5.56 Å². The van der Waals surface area contributed by atoms with E-state index in [1.54, 1.807) is 0 Å². The molecule has 3 aromatic rings. The topological polar surface area (TPSA) is 38.7 Å². The van der Waals surface area contributed by atoms with Crippen LogP contribution in [0.3, 0.4) is 0 Å². The first-order valence-corrected chi connectivity index (χ1v) is 6.59. The number of rotatable bonds is 3. The lowest BCUT2D eigenvalue weighted by Gasteiger charge is -2.08. The molecule has 3 nitrogen and oxygen atoms in total. The smallest absolute Gasteiger partial charge is 0.162 e. The van der Waals surface area contributed by atoms with E-state index in [4.69, 9.17) is 0 Å². The maximum atomic E-state index is 4.20. The Balaban J connectivity index is 1.95. The van der Waals surface area contributed by atoms with E-state index < -0.39 is 0 Å². The summed E-state index contributed by atoms with van der Waals surface area (Å²) < 4.78 is 0. The quantitative estimate of drug-likeness (QED) is 0.725. The van der Waals surface area contributed by atoms with E-state index in [9.17, 15) is 0 Å². The van der Waals surface area contributed by atoms with Crippen molar-refractivity contribution in [1.82, 2.24) is 15.0 Å². The van der Waals surface area contributed by atoms with Crippen LogP contribution in [-0.4, -0.2) is 15.0 Å². The van der Waals surface area contributed by atoms with Gasteiger partial charge in [0.15, 0.2) is 5.82 Å². The molecular formula is C17H15N3. The molecule has 0 aliphatic carbocycles. The minimum absolute atomic E-state index is 0.717. The van der Waals surface area contributed by atoms with Crippen LogP contribution in [-0.2, 0) is 6.42 Å². The molecule has 1 heterocycles. The zero-order valence-electron chi connectivity index (χ0n) is 11.3. The van der Waals surface area contributed by atoms with Crippen molar-refractivity contribution in [3.05, 3.63) is 77.9 Å². The van der Waals surface area contributed by atoms with E-state index in [0.29, 0.717) is 5.82 Å². The van der Waals surface area contributed by atoms with Gasteiger partial charge < -0.3 is 0 Å². The number of hydrogen-bond acceptors (Lipinski definition) is 3. The molecule has 0 fully saturated rings. The van der Waals surface area contributed by atoms with E-state index in [0.717, 1.165) is 12.0 Å². The van der Waals surface area contributed by atoms with Gasteiger partial charge in [-0.15, -0.1) is 0 Å². The Hall–Kier alpha value is -2.55. The molecule has 0 spiro atoms. The predicted octanol–water partition coefficient (Wildman–Crippen LogP) is 3.44. The van der Waals surface area contributed by atoms with E-state index in [1.807, 2.05) is 6.07 Å². The maximum Gasteiger partial charge on any atom is 0.162 e. The summed E-state index contributed by atoms with van der Waals surface area (Å²) in [4.78, 5) is 12.3. The summed E-state index contributed by atoms with van der Waals surface area (Å²) in [5.41, 5.74) is 4.92. The summed E-state index contributed by atoms with van der Waals surface area (Å²) in [6.45, 7) is 2.13. The van der Waals surface area contributed by atoms with Crippen molar-refractivity contribution in [2.75, 3.05) is 0 Å². The normalized spacial score (nSPS) is 10.4. The van der Waals surface area contributed by atoms with Crippen LogP contribution < -0.4 is 0 Å². The van der Waals surface area contributed by atoms with Crippen LogP contribution in [0.1, 0.15) is 16.7 Å². The van der Waals surface area contributed by atoms with E-state index in [-0.39, 0.29) is 0 Å². The van der Waals surface area contributed by atoms with Gasteiger partial charge in [0.2, 0.25) is 0 Å². The minimum Gasteiger partial charge on any atom is -0.225 e. The Morgan fingerprint density at radius 1 is 0.900 bits per heavy atom. The van der Waals surface area contributed by atoms with E-state index >= 15 is 0 Å². The van der Waals surface area contributed by atoms with E-state index in [2.05, 4.69) is 64.3 Å². The van der Waals surface area contributed by atoms with Gasteiger partial charge >= 0.3 is 0 Å². The van der Waals surface area contributed by atoms with Crippen LogP contribution in [0.2, 0.25) is 0 Å². The average molecular weight is 261 g/mol. The number of benzene rings is 2. The zero-order valence-corrected chi connectivity index (χ0v) is 11.3. The van der Waals surface area contributed by atoms with Gasteiger partial charge in [-0.1, -0.05) is 42.5 Å². The molecule has 0 bridgehead atoms. The number of nitrogens with zero attached hydrogens (tertiary/aromatic N) is 3. The van der Waals surface area contributed by atoms with Gasteiger partial charge in [0.1, 0.15) is 12.7 Å². The highest BCUT2D eigenvalue weighted by molar-refractivity contribution is 5.57. The molecule has 0 amide bonds. The Bertz CT molecular complexity index is 694. The molecule has 0 saturated heterocycles. The standard InChI is InChI=1S/C17H15N3/c1-13-7-8-15(17-19-11-18-12-20-17)10-16(13)9-14-5-3-2-4-6-14/h2-8,10-12H,9H2,1H3. The first kappa shape index (κ1) is 12.5. The zero-order chi connectivity index (χ0) is 13.8. The third-order valence-electron chi connectivity index (χ3n) is 3.34. The molecule has 20 heavy (non-hydrogen) atoms. The molecule has 0 aliphatic rings. The monoisotopic (exact) mass is 261 g/mol. The fourth-order valence-electron chi connectivity index (χ4n) is 2.21. The summed E-state index contributed by atoms with van der Waals surface area (Å²) in [5.74, 6) is 0.717. The van der Waals surface area contributed by atoms with E-state index in [1.165, 1.54) is 29.3 Å². The van der Waals surface area contributed by atoms with Crippen LogP contribution in [0.4, 0.5) is 0 Å². The third-order valence-corrected chi connectivity index (χ3v) is 3.34. The summed E-state index contributed by atoms with van der Waals surface area (Å²) in [7, 11) is 0. The fourth-order valence-corrected chi connectivity index (χ4v) is 2.21. The molecule has 98 valence electrons. The molecule has 0 saturated carbocycles. The van der Waals surface area contributed by atoms with Crippen molar-refractivity contribution in [3.63, 3.8) is 0 Å². The third kappa shape index (κ3) is 2.72. The fraction of sp³-hybridized carbons (Fsp3) is 0.118. The van der Waals surface area contributed by atoms with Crippen molar-refractivity contribution in [3.8, 4) is 11.4 Å². The van der Waals surface area contributed by atoms with Crippen LogP contribution in [0.15, 0.2) is 61.2 Å². The van der Waals surface area contributed by atoms with Crippen molar-refractivity contribution < 1.29 is 0 Å². The minimum atomic E-state index is 0.717. The molecule has 0 N–H and O–H groups in total. The Kier molecular flexibility index (Phi) is 3.50. The lowest BCUT2D eigenvalue weighted by Crippen LogP contribution is -1.95. The van der Waals surface area contributed by atoms with Gasteiger partial charge in [-0.3, -0.25) is 0 Å². The van der Waals surface area contributed by atoms with Crippen LogP contribution in [0, 0.1) is 6.92 Å². The van der Waals surface area contributed by atoms with Gasteiger partial charge in [-0.05, 0) is 36.1 Å². The van der Waals surface area contributed by atoms with Crippen molar-refractivity contribution in [2.45, 2.75) is 13.3 Å². The first-order chi connectivity index (χ1) is 9.83.